The lowest BCUT2D eigenvalue weighted by Crippen LogP contribution is -2.31. The van der Waals surface area contributed by atoms with Crippen LogP contribution in [0.1, 0.15) is 43.0 Å². The van der Waals surface area contributed by atoms with E-state index in [0.29, 0.717) is 47.9 Å². The number of anilines is 1. The van der Waals surface area contributed by atoms with E-state index in [1.807, 2.05) is 6.92 Å². The van der Waals surface area contributed by atoms with Gasteiger partial charge in [-0.3, -0.25) is 4.79 Å². The molecule has 10 heteroatoms. The summed E-state index contributed by atoms with van der Waals surface area (Å²) in [6.45, 7) is 5.38. The van der Waals surface area contributed by atoms with Gasteiger partial charge in [-0.25, -0.2) is 18.4 Å². The molecule has 0 saturated carbocycles. The second-order valence-corrected chi connectivity index (χ2v) is 9.42. The van der Waals surface area contributed by atoms with E-state index in [-0.39, 0.29) is 10.8 Å². The Morgan fingerprint density at radius 2 is 1.97 bits per heavy atom. The molecule has 0 spiro atoms. The summed E-state index contributed by atoms with van der Waals surface area (Å²) in [7, 11) is -3.77. The molecule has 1 saturated heterocycles. The first-order chi connectivity index (χ1) is 14.8. The molecule has 0 aliphatic carbocycles. The Bertz CT molecular complexity index is 1220. The van der Waals surface area contributed by atoms with Gasteiger partial charge in [0.1, 0.15) is 5.82 Å². The van der Waals surface area contributed by atoms with Gasteiger partial charge in [-0.2, -0.15) is 4.31 Å². The summed E-state index contributed by atoms with van der Waals surface area (Å²) in [6.07, 6.45) is 3.01. The Kier molecular flexibility index (Phi) is 5.59. The van der Waals surface area contributed by atoms with Gasteiger partial charge in [0.2, 0.25) is 15.9 Å². The number of hydrogen-bond acceptors (Lipinski definition) is 7. The molecule has 1 atom stereocenters. The van der Waals surface area contributed by atoms with E-state index in [2.05, 4.69) is 20.4 Å². The van der Waals surface area contributed by atoms with Gasteiger partial charge in [-0.05, 0) is 51.0 Å². The highest BCUT2D eigenvalue weighted by atomic mass is 32.2. The molecule has 31 heavy (non-hydrogen) atoms. The molecule has 2 aromatic heterocycles. The largest absolute Gasteiger partial charge is 0.356 e. The molecule has 1 aromatic carbocycles. The average Bonchev–Trinajstić information content (AvgIpc) is 3.37. The molecule has 0 bridgehead atoms. The first-order valence-electron chi connectivity index (χ1n) is 9.92. The topological polar surface area (TPSA) is 118 Å². The van der Waals surface area contributed by atoms with Crippen LogP contribution in [-0.4, -0.2) is 40.3 Å². The summed E-state index contributed by atoms with van der Waals surface area (Å²) in [6, 6.07) is 7.51. The van der Waals surface area contributed by atoms with Crippen molar-refractivity contribution in [2.75, 3.05) is 11.9 Å². The standard InChI is InChI=1S/C21H23N5O4S/c1-13-11-20(30-25-13)18-12-22-14(2)23-21(18)19-5-4-10-26(19)31(28,29)17-8-6-16(7-9-17)24-15(3)27/h6-9,11-12,19H,4-5,10H2,1-3H3,(H,24,27)/t19-/m0/s1. The minimum absolute atomic E-state index is 0.163. The zero-order chi connectivity index (χ0) is 22.2. The molecule has 0 radical (unpaired) electrons. The number of carbonyl (C=O) groups excluding carboxylic acids is 1. The Labute approximate surface area is 180 Å². The normalized spacial score (nSPS) is 17.1. The zero-order valence-corrected chi connectivity index (χ0v) is 18.3. The van der Waals surface area contributed by atoms with Crippen LogP contribution in [0.25, 0.3) is 11.3 Å². The summed E-state index contributed by atoms with van der Waals surface area (Å²) in [5.41, 5.74) is 2.51. The van der Waals surface area contributed by atoms with Gasteiger partial charge in [0, 0.05) is 31.4 Å². The molecular formula is C21H23N5O4S. The second kappa shape index (κ2) is 8.20. The fraction of sp³-hybridized carbons (Fsp3) is 0.333. The number of rotatable bonds is 5. The Hall–Kier alpha value is -3.11. The van der Waals surface area contributed by atoms with Gasteiger partial charge in [0.15, 0.2) is 5.76 Å². The highest BCUT2D eigenvalue weighted by Crippen LogP contribution is 2.39. The van der Waals surface area contributed by atoms with Crippen molar-refractivity contribution in [2.24, 2.45) is 0 Å². The maximum atomic E-state index is 13.4. The number of aryl methyl sites for hydroxylation is 2. The third-order valence-electron chi connectivity index (χ3n) is 5.13. The number of nitrogens with zero attached hydrogens (tertiary/aromatic N) is 4. The summed E-state index contributed by atoms with van der Waals surface area (Å²) in [4.78, 5) is 20.3. The van der Waals surface area contributed by atoms with Crippen molar-refractivity contribution in [3.63, 3.8) is 0 Å². The van der Waals surface area contributed by atoms with Crippen LogP contribution in [0.4, 0.5) is 5.69 Å². The molecule has 1 amide bonds. The third kappa shape index (κ3) is 4.21. The molecule has 3 aromatic rings. The SMILES string of the molecule is CC(=O)Nc1ccc(S(=O)(=O)N2CCC[C@H]2c2nc(C)ncc2-c2cc(C)no2)cc1. The predicted octanol–water partition coefficient (Wildman–Crippen LogP) is 3.23. The molecule has 162 valence electrons. The van der Waals surface area contributed by atoms with Crippen LogP contribution in [0.2, 0.25) is 0 Å². The van der Waals surface area contributed by atoms with Crippen molar-refractivity contribution in [2.45, 2.75) is 44.6 Å². The van der Waals surface area contributed by atoms with Crippen molar-refractivity contribution in [1.82, 2.24) is 19.4 Å². The van der Waals surface area contributed by atoms with Crippen LogP contribution < -0.4 is 5.32 Å². The molecule has 9 nitrogen and oxygen atoms in total. The summed E-state index contributed by atoms with van der Waals surface area (Å²) < 4.78 is 33.8. The monoisotopic (exact) mass is 441 g/mol. The number of aromatic nitrogens is 3. The molecule has 4 rings (SSSR count). The molecule has 1 N–H and O–H groups in total. The van der Waals surface area contributed by atoms with Crippen LogP contribution in [0, 0.1) is 13.8 Å². The fourth-order valence-corrected chi connectivity index (χ4v) is 5.43. The van der Waals surface area contributed by atoms with Crippen LogP contribution in [0.5, 0.6) is 0 Å². The lowest BCUT2D eigenvalue weighted by Gasteiger charge is -2.25. The number of nitrogens with one attached hydrogen (secondary N) is 1. The van der Waals surface area contributed by atoms with E-state index in [1.165, 1.54) is 23.4 Å². The van der Waals surface area contributed by atoms with E-state index < -0.39 is 16.1 Å². The average molecular weight is 442 g/mol. The van der Waals surface area contributed by atoms with E-state index >= 15 is 0 Å². The smallest absolute Gasteiger partial charge is 0.243 e. The maximum Gasteiger partial charge on any atom is 0.243 e. The zero-order valence-electron chi connectivity index (χ0n) is 17.5. The number of hydrogen-bond donors (Lipinski definition) is 1. The highest BCUT2D eigenvalue weighted by Gasteiger charge is 2.38. The third-order valence-corrected chi connectivity index (χ3v) is 7.06. The van der Waals surface area contributed by atoms with Gasteiger partial charge in [-0.1, -0.05) is 5.16 Å². The first-order valence-corrected chi connectivity index (χ1v) is 11.4. The molecule has 1 fully saturated rings. The lowest BCUT2D eigenvalue weighted by atomic mass is 10.0. The number of amides is 1. The van der Waals surface area contributed by atoms with Crippen molar-refractivity contribution in [3.05, 3.63) is 53.7 Å². The van der Waals surface area contributed by atoms with Gasteiger partial charge >= 0.3 is 0 Å². The van der Waals surface area contributed by atoms with E-state index in [0.717, 1.165) is 5.69 Å². The van der Waals surface area contributed by atoms with E-state index in [1.54, 1.807) is 31.3 Å². The Morgan fingerprint density at radius 1 is 1.23 bits per heavy atom. The Balaban J connectivity index is 1.71. The molecular weight excluding hydrogens is 418 g/mol. The van der Waals surface area contributed by atoms with Gasteiger partial charge in [0.05, 0.1) is 27.9 Å². The molecule has 1 aliphatic rings. The van der Waals surface area contributed by atoms with Gasteiger partial charge in [0.25, 0.3) is 0 Å². The second-order valence-electron chi connectivity index (χ2n) is 7.53. The molecule has 1 aliphatic heterocycles. The molecule has 3 heterocycles. The Morgan fingerprint density at radius 3 is 2.61 bits per heavy atom. The number of benzene rings is 1. The van der Waals surface area contributed by atoms with Crippen molar-refractivity contribution in [3.8, 4) is 11.3 Å². The quantitative estimate of drug-likeness (QED) is 0.646. The van der Waals surface area contributed by atoms with Crippen molar-refractivity contribution >= 4 is 21.6 Å². The highest BCUT2D eigenvalue weighted by molar-refractivity contribution is 7.89. The fourth-order valence-electron chi connectivity index (χ4n) is 3.77. The minimum Gasteiger partial charge on any atom is -0.356 e. The van der Waals surface area contributed by atoms with Crippen LogP contribution in [0.15, 0.2) is 45.9 Å². The lowest BCUT2D eigenvalue weighted by molar-refractivity contribution is -0.114. The maximum absolute atomic E-state index is 13.4. The van der Waals surface area contributed by atoms with Crippen molar-refractivity contribution < 1.29 is 17.7 Å². The first kappa shape index (κ1) is 21.1. The summed E-state index contributed by atoms with van der Waals surface area (Å²) >= 11 is 0. The predicted molar refractivity (Wildman–Crippen MR) is 114 cm³/mol. The van der Waals surface area contributed by atoms with E-state index in [4.69, 9.17) is 4.52 Å². The summed E-state index contributed by atoms with van der Waals surface area (Å²) in [5, 5.41) is 6.58. The molecule has 0 unspecified atom stereocenters. The van der Waals surface area contributed by atoms with Crippen molar-refractivity contribution in [1.29, 1.82) is 0 Å². The van der Waals surface area contributed by atoms with Crippen LogP contribution in [-0.2, 0) is 14.8 Å². The minimum atomic E-state index is -3.77. The van der Waals surface area contributed by atoms with Gasteiger partial charge in [-0.15, -0.1) is 0 Å². The van der Waals surface area contributed by atoms with Gasteiger partial charge < -0.3 is 9.84 Å². The summed E-state index contributed by atoms with van der Waals surface area (Å²) in [5.74, 6) is 0.847. The number of sulfonamides is 1. The van der Waals surface area contributed by atoms with E-state index in [9.17, 15) is 13.2 Å². The van der Waals surface area contributed by atoms with Crippen LogP contribution >= 0.6 is 0 Å². The van der Waals surface area contributed by atoms with Crippen LogP contribution in [0.3, 0.4) is 0 Å². The number of carbonyl (C=O) groups is 1.